The second-order valence-electron chi connectivity index (χ2n) is 5.24. The zero-order valence-corrected chi connectivity index (χ0v) is 13.6. The Morgan fingerprint density at radius 3 is 2.29 bits per heavy atom. The average molecular weight is 359 g/mol. The summed E-state index contributed by atoms with van der Waals surface area (Å²) in [6, 6.07) is 11.9. The smallest absolute Gasteiger partial charge is 0.387 e. The van der Waals surface area contributed by atoms with E-state index >= 15 is 0 Å². The van der Waals surface area contributed by atoms with Crippen LogP contribution in [-0.4, -0.2) is 31.4 Å². The normalized spacial score (nSPS) is 13.9. The van der Waals surface area contributed by atoms with E-state index in [1.807, 2.05) is 0 Å². The molecule has 1 atom stereocenters. The van der Waals surface area contributed by atoms with Crippen molar-refractivity contribution < 1.29 is 26.7 Å². The summed E-state index contributed by atoms with van der Waals surface area (Å²) in [7, 11) is -2.94. The number of aliphatic hydroxyl groups is 1. The highest BCUT2D eigenvalue weighted by molar-refractivity contribution is 7.89. The molecule has 0 saturated carbocycles. The maximum absolute atomic E-state index is 12.7. The van der Waals surface area contributed by atoms with Crippen LogP contribution in [-0.2, 0) is 16.2 Å². The maximum Gasteiger partial charge on any atom is 0.416 e. The lowest BCUT2D eigenvalue weighted by molar-refractivity contribution is -0.137. The molecule has 0 bridgehead atoms. The fourth-order valence-electron chi connectivity index (χ4n) is 2.14. The largest absolute Gasteiger partial charge is 0.416 e. The van der Waals surface area contributed by atoms with E-state index in [-0.39, 0.29) is 6.54 Å². The summed E-state index contributed by atoms with van der Waals surface area (Å²) in [5.41, 5.74) is -0.524. The predicted molar refractivity (Wildman–Crippen MR) is 82.7 cm³/mol. The van der Waals surface area contributed by atoms with E-state index in [1.54, 1.807) is 30.3 Å². The first kappa shape index (κ1) is 18.4. The lowest BCUT2D eigenvalue weighted by Crippen LogP contribution is -2.31. The summed E-state index contributed by atoms with van der Waals surface area (Å²) in [4.78, 5) is -0.472. The van der Waals surface area contributed by atoms with Crippen molar-refractivity contribution in [2.45, 2.75) is 17.2 Å². The van der Waals surface area contributed by atoms with Crippen LogP contribution in [0.4, 0.5) is 13.2 Å². The van der Waals surface area contributed by atoms with Crippen LogP contribution >= 0.6 is 0 Å². The van der Waals surface area contributed by atoms with Gasteiger partial charge >= 0.3 is 6.18 Å². The van der Waals surface area contributed by atoms with Crippen LogP contribution in [0.15, 0.2) is 59.5 Å². The number of alkyl halides is 3. The first-order valence-electron chi connectivity index (χ1n) is 6.99. The molecule has 0 heterocycles. The first-order valence-corrected chi connectivity index (χ1v) is 8.43. The summed E-state index contributed by atoms with van der Waals surface area (Å²) in [5.74, 6) is 0. The molecule has 0 radical (unpaired) electrons. The number of rotatable bonds is 5. The topological polar surface area (TPSA) is 57.6 Å². The summed E-state index contributed by atoms with van der Waals surface area (Å²) in [6.45, 7) is -0.275. The van der Waals surface area contributed by atoms with Crippen LogP contribution < -0.4 is 0 Å². The Hall–Kier alpha value is -1.90. The maximum atomic E-state index is 12.7. The quantitative estimate of drug-likeness (QED) is 0.893. The van der Waals surface area contributed by atoms with Crippen molar-refractivity contribution >= 4 is 10.0 Å². The van der Waals surface area contributed by atoms with Crippen molar-refractivity contribution in [2.75, 3.05) is 13.6 Å². The van der Waals surface area contributed by atoms with E-state index in [2.05, 4.69) is 0 Å². The van der Waals surface area contributed by atoms with Crippen molar-refractivity contribution in [3.63, 3.8) is 0 Å². The van der Waals surface area contributed by atoms with Gasteiger partial charge in [0.25, 0.3) is 0 Å². The lowest BCUT2D eigenvalue weighted by atomic mass is 10.1. The molecule has 130 valence electrons. The third-order valence-corrected chi connectivity index (χ3v) is 5.30. The van der Waals surface area contributed by atoms with Gasteiger partial charge in [-0.2, -0.15) is 17.5 Å². The minimum Gasteiger partial charge on any atom is -0.387 e. The molecule has 2 aromatic rings. The number of benzene rings is 2. The molecule has 4 nitrogen and oxygen atoms in total. The SMILES string of the molecule is CN(CC(O)c1ccccc1)S(=O)(=O)c1cccc(C(F)(F)F)c1. The number of likely N-dealkylation sites (N-methyl/N-ethyl adjacent to an activating group) is 1. The molecule has 0 aromatic heterocycles. The molecular formula is C16H16F3NO3S. The van der Waals surface area contributed by atoms with Crippen LogP contribution in [0.3, 0.4) is 0 Å². The van der Waals surface area contributed by atoms with Crippen LogP contribution in [0.25, 0.3) is 0 Å². The van der Waals surface area contributed by atoms with Crippen molar-refractivity contribution in [2.24, 2.45) is 0 Å². The summed E-state index contributed by atoms with van der Waals surface area (Å²) in [5, 5.41) is 10.1. The number of sulfonamides is 1. The van der Waals surface area contributed by atoms with Crippen LogP contribution in [0.5, 0.6) is 0 Å². The Labute approximate surface area is 138 Å². The van der Waals surface area contributed by atoms with Gasteiger partial charge < -0.3 is 5.11 Å². The molecule has 2 rings (SSSR count). The number of hydrogen-bond acceptors (Lipinski definition) is 3. The molecule has 24 heavy (non-hydrogen) atoms. The Bertz CT molecular complexity index is 792. The highest BCUT2D eigenvalue weighted by atomic mass is 32.2. The minimum atomic E-state index is -4.63. The van der Waals surface area contributed by atoms with Gasteiger partial charge in [0.1, 0.15) is 0 Å². The monoisotopic (exact) mass is 359 g/mol. The molecule has 0 amide bonds. The van der Waals surface area contributed by atoms with Gasteiger partial charge in [-0.1, -0.05) is 36.4 Å². The van der Waals surface area contributed by atoms with Crippen molar-refractivity contribution in [1.82, 2.24) is 4.31 Å². The molecular weight excluding hydrogens is 343 g/mol. The van der Waals surface area contributed by atoms with Gasteiger partial charge in [-0.05, 0) is 23.8 Å². The summed E-state index contributed by atoms with van der Waals surface area (Å²) >= 11 is 0. The van der Waals surface area contributed by atoms with E-state index in [4.69, 9.17) is 0 Å². The van der Waals surface area contributed by atoms with E-state index in [9.17, 15) is 26.7 Å². The minimum absolute atomic E-state index is 0.275. The third-order valence-electron chi connectivity index (χ3n) is 3.48. The molecule has 0 aliphatic carbocycles. The number of aliphatic hydroxyl groups excluding tert-OH is 1. The molecule has 1 N–H and O–H groups in total. The van der Waals surface area contributed by atoms with Gasteiger partial charge in [0.05, 0.1) is 16.6 Å². The fourth-order valence-corrected chi connectivity index (χ4v) is 3.36. The second kappa shape index (κ2) is 6.92. The van der Waals surface area contributed by atoms with E-state index in [0.717, 1.165) is 22.5 Å². The molecule has 8 heteroatoms. The Morgan fingerprint density at radius 2 is 1.71 bits per heavy atom. The lowest BCUT2D eigenvalue weighted by Gasteiger charge is -2.21. The summed E-state index contributed by atoms with van der Waals surface area (Å²) < 4.78 is 63.9. The highest BCUT2D eigenvalue weighted by Gasteiger charge is 2.32. The standard InChI is InChI=1S/C16H16F3NO3S/c1-20(11-15(21)12-6-3-2-4-7-12)24(22,23)14-9-5-8-13(10-14)16(17,18)19/h2-10,15,21H,11H2,1H3. The zero-order chi connectivity index (χ0) is 18.0. The van der Waals surface area contributed by atoms with Crippen LogP contribution in [0, 0.1) is 0 Å². The Balaban J connectivity index is 2.24. The molecule has 0 fully saturated rings. The van der Waals surface area contributed by atoms with Crippen molar-refractivity contribution in [3.05, 3.63) is 65.7 Å². The van der Waals surface area contributed by atoms with Crippen LogP contribution in [0.1, 0.15) is 17.2 Å². The molecule has 0 spiro atoms. The predicted octanol–water partition coefficient (Wildman–Crippen LogP) is 3.06. The highest BCUT2D eigenvalue weighted by Crippen LogP contribution is 2.31. The molecule has 2 aromatic carbocycles. The third kappa shape index (κ3) is 4.14. The zero-order valence-electron chi connectivity index (χ0n) is 12.7. The van der Waals surface area contributed by atoms with Gasteiger partial charge in [0.15, 0.2) is 0 Å². The molecule has 0 aliphatic heterocycles. The van der Waals surface area contributed by atoms with E-state index in [0.29, 0.717) is 11.6 Å². The summed E-state index contributed by atoms with van der Waals surface area (Å²) in [6.07, 6.45) is -5.72. The van der Waals surface area contributed by atoms with E-state index < -0.39 is 32.8 Å². The van der Waals surface area contributed by atoms with E-state index in [1.165, 1.54) is 7.05 Å². The molecule has 1 unspecified atom stereocenters. The molecule has 0 saturated heterocycles. The first-order chi connectivity index (χ1) is 11.1. The number of hydrogen-bond donors (Lipinski definition) is 1. The van der Waals surface area contributed by atoms with Crippen molar-refractivity contribution in [3.8, 4) is 0 Å². The van der Waals surface area contributed by atoms with Gasteiger partial charge in [0.2, 0.25) is 10.0 Å². The van der Waals surface area contributed by atoms with Gasteiger partial charge in [-0.15, -0.1) is 0 Å². The number of halogens is 3. The van der Waals surface area contributed by atoms with Crippen LogP contribution in [0.2, 0.25) is 0 Å². The Morgan fingerprint density at radius 1 is 1.08 bits per heavy atom. The fraction of sp³-hybridized carbons (Fsp3) is 0.250. The molecule has 0 aliphatic rings. The van der Waals surface area contributed by atoms with Crippen molar-refractivity contribution in [1.29, 1.82) is 0 Å². The second-order valence-corrected chi connectivity index (χ2v) is 7.28. The van der Waals surface area contributed by atoms with Gasteiger partial charge in [-0.25, -0.2) is 8.42 Å². The number of nitrogens with zero attached hydrogens (tertiary/aromatic N) is 1. The van der Waals surface area contributed by atoms with Gasteiger partial charge in [-0.3, -0.25) is 0 Å². The average Bonchev–Trinajstić information content (AvgIpc) is 2.55. The Kier molecular flexibility index (Phi) is 5.32. The van der Waals surface area contributed by atoms with Gasteiger partial charge in [0, 0.05) is 13.6 Å².